The number of nitrogens with one attached hydrogen (secondary N) is 3. The largest absolute Gasteiger partial charge is 0.480 e. The van der Waals surface area contributed by atoms with E-state index in [4.69, 9.17) is 22.3 Å². The summed E-state index contributed by atoms with van der Waals surface area (Å²) in [6, 6.07) is -4.87. The van der Waals surface area contributed by atoms with E-state index in [0.29, 0.717) is 6.42 Å². The smallest absolute Gasteiger partial charge is 0.326 e. The van der Waals surface area contributed by atoms with Crippen molar-refractivity contribution in [3.63, 3.8) is 0 Å². The minimum absolute atomic E-state index is 0.161. The van der Waals surface area contributed by atoms with Crippen molar-refractivity contribution in [2.24, 2.45) is 23.1 Å². The number of carboxylic acids is 1. The lowest BCUT2D eigenvalue weighted by atomic mass is 10.0. The second-order valence-corrected chi connectivity index (χ2v) is 7.60. The zero-order chi connectivity index (χ0) is 24.3. The summed E-state index contributed by atoms with van der Waals surface area (Å²) in [7, 11) is 0. The summed E-state index contributed by atoms with van der Waals surface area (Å²) < 4.78 is 0. The average molecular weight is 444 g/mol. The molecule has 4 unspecified atom stereocenters. The van der Waals surface area contributed by atoms with Crippen LogP contribution < -0.4 is 33.2 Å². The van der Waals surface area contributed by atoms with Gasteiger partial charge < -0.3 is 38.3 Å². The maximum atomic E-state index is 12.5. The first-order chi connectivity index (χ1) is 14.2. The van der Waals surface area contributed by atoms with Gasteiger partial charge in [0.1, 0.15) is 18.1 Å². The lowest BCUT2D eigenvalue weighted by molar-refractivity contribution is -0.144. The maximum absolute atomic E-state index is 12.5. The number of primary amides is 2. The minimum Gasteiger partial charge on any atom is -0.480 e. The molecule has 0 saturated heterocycles. The number of carboxylic acid groups (broad SMARTS) is 1. The first kappa shape index (κ1) is 27.8. The van der Waals surface area contributed by atoms with Crippen LogP contribution in [-0.2, 0) is 28.8 Å². The molecule has 4 atom stereocenters. The fourth-order valence-corrected chi connectivity index (χ4v) is 2.53. The van der Waals surface area contributed by atoms with E-state index in [2.05, 4.69) is 16.0 Å². The van der Waals surface area contributed by atoms with Gasteiger partial charge in [0.05, 0.1) is 12.5 Å². The molecule has 0 aromatic heterocycles. The molecule has 0 aromatic carbocycles. The highest BCUT2D eigenvalue weighted by Gasteiger charge is 2.29. The van der Waals surface area contributed by atoms with Crippen LogP contribution in [0, 0.1) is 5.92 Å². The molecule has 0 radical (unpaired) electrons. The van der Waals surface area contributed by atoms with E-state index in [-0.39, 0.29) is 18.8 Å². The Hall–Kier alpha value is -3.22. The Bertz CT molecular complexity index is 697. The number of carbonyl (C=O) groups excluding carboxylic acids is 5. The Morgan fingerprint density at radius 3 is 1.81 bits per heavy atom. The van der Waals surface area contributed by atoms with Gasteiger partial charge >= 0.3 is 5.97 Å². The number of carbonyl (C=O) groups is 6. The van der Waals surface area contributed by atoms with E-state index < -0.39 is 66.1 Å². The van der Waals surface area contributed by atoms with Crippen molar-refractivity contribution >= 4 is 35.5 Å². The van der Waals surface area contributed by atoms with E-state index in [0.717, 1.165) is 0 Å². The quantitative estimate of drug-likeness (QED) is 0.146. The molecule has 13 nitrogen and oxygen atoms in total. The fraction of sp³-hybridized carbons (Fsp3) is 0.667. The summed E-state index contributed by atoms with van der Waals surface area (Å²) in [5, 5.41) is 15.9. The van der Waals surface area contributed by atoms with Gasteiger partial charge in [0.2, 0.25) is 29.5 Å². The Balaban J connectivity index is 5.19. The zero-order valence-corrected chi connectivity index (χ0v) is 17.8. The fourth-order valence-electron chi connectivity index (χ4n) is 2.53. The Labute approximate surface area is 179 Å². The van der Waals surface area contributed by atoms with E-state index in [1.54, 1.807) is 0 Å². The van der Waals surface area contributed by atoms with Gasteiger partial charge in [-0.2, -0.15) is 0 Å². The molecular weight excluding hydrogens is 412 g/mol. The van der Waals surface area contributed by atoms with E-state index in [1.807, 2.05) is 13.8 Å². The predicted molar refractivity (Wildman–Crippen MR) is 109 cm³/mol. The van der Waals surface area contributed by atoms with Crippen molar-refractivity contribution < 1.29 is 33.9 Å². The molecular formula is C18H32N6O7. The number of aliphatic carboxylic acids is 1. The monoisotopic (exact) mass is 444 g/mol. The van der Waals surface area contributed by atoms with Crippen LogP contribution in [0.4, 0.5) is 0 Å². The molecule has 0 saturated carbocycles. The van der Waals surface area contributed by atoms with Gasteiger partial charge in [-0.25, -0.2) is 4.79 Å². The summed E-state index contributed by atoms with van der Waals surface area (Å²) in [5.74, 6) is -5.34. The van der Waals surface area contributed by atoms with Gasteiger partial charge in [-0.15, -0.1) is 0 Å². The molecule has 0 heterocycles. The third-order valence-electron chi connectivity index (χ3n) is 4.15. The summed E-state index contributed by atoms with van der Waals surface area (Å²) in [6.45, 7) is 5.13. The molecule has 31 heavy (non-hydrogen) atoms. The van der Waals surface area contributed by atoms with Crippen molar-refractivity contribution in [1.82, 2.24) is 16.0 Å². The number of hydrogen-bond donors (Lipinski definition) is 7. The standard InChI is InChI=1S/C18H32N6O7/c1-8(2)6-10(19)16(28)22-9(3)15(27)23-11(4-5-13(20)25)17(29)24-12(18(30)31)7-14(21)26/h8-12H,4-7,19H2,1-3H3,(H2,20,25)(H2,21,26)(H,22,28)(H,23,27)(H,24,29)(H,30,31). The minimum atomic E-state index is -1.62. The van der Waals surface area contributed by atoms with Crippen LogP contribution in [0.3, 0.4) is 0 Å². The maximum Gasteiger partial charge on any atom is 0.326 e. The molecule has 0 bridgehead atoms. The second-order valence-electron chi connectivity index (χ2n) is 7.60. The molecule has 0 aliphatic carbocycles. The third-order valence-corrected chi connectivity index (χ3v) is 4.15. The molecule has 176 valence electrons. The van der Waals surface area contributed by atoms with Crippen molar-refractivity contribution in [2.45, 2.75) is 70.6 Å². The number of amides is 5. The normalized spacial score (nSPS) is 14.6. The van der Waals surface area contributed by atoms with Gasteiger partial charge in [-0.1, -0.05) is 13.8 Å². The van der Waals surface area contributed by atoms with Gasteiger partial charge in [0.15, 0.2) is 0 Å². The molecule has 10 N–H and O–H groups in total. The van der Waals surface area contributed by atoms with Crippen molar-refractivity contribution in [2.75, 3.05) is 0 Å². The van der Waals surface area contributed by atoms with Crippen LogP contribution in [0.15, 0.2) is 0 Å². The molecule has 0 aromatic rings. The number of hydrogen-bond acceptors (Lipinski definition) is 7. The van der Waals surface area contributed by atoms with Gasteiger partial charge in [-0.3, -0.25) is 24.0 Å². The molecule has 0 aliphatic heterocycles. The Morgan fingerprint density at radius 2 is 1.35 bits per heavy atom. The molecule has 0 rings (SSSR count). The lowest BCUT2D eigenvalue weighted by Crippen LogP contribution is -2.56. The lowest BCUT2D eigenvalue weighted by Gasteiger charge is -2.23. The highest BCUT2D eigenvalue weighted by atomic mass is 16.4. The zero-order valence-electron chi connectivity index (χ0n) is 17.8. The topological polar surface area (TPSA) is 237 Å². The average Bonchev–Trinajstić information content (AvgIpc) is 2.62. The van der Waals surface area contributed by atoms with Crippen LogP contribution in [0.2, 0.25) is 0 Å². The third kappa shape index (κ3) is 11.5. The summed E-state index contributed by atoms with van der Waals surface area (Å²) in [5.41, 5.74) is 15.8. The molecule has 5 amide bonds. The summed E-state index contributed by atoms with van der Waals surface area (Å²) in [6.07, 6.45) is -0.784. The van der Waals surface area contributed by atoms with Crippen LogP contribution in [0.5, 0.6) is 0 Å². The Kier molecular flexibility index (Phi) is 11.8. The number of nitrogens with two attached hydrogens (primary N) is 3. The first-order valence-electron chi connectivity index (χ1n) is 9.70. The molecule has 0 aliphatic rings. The molecule has 0 spiro atoms. The predicted octanol–water partition coefficient (Wildman–Crippen LogP) is -2.94. The molecule has 13 heteroatoms. The van der Waals surface area contributed by atoms with Crippen LogP contribution in [0.1, 0.15) is 46.5 Å². The highest BCUT2D eigenvalue weighted by molar-refractivity contribution is 5.95. The SMILES string of the molecule is CC(C)CC(N)C(=O)NC(C)C(=O)NC(CCC(N)=O)C(=O)NC(CC(N)=O)C(=O)O. The van der Waals surface area contributed by atoms with Gasteiger partial charge in [0, 0.05) is 6.42 Å². The van der Waals surface area contributed by atoms with Gasteiger partial charge in [0.25, 0.3) is 0 Å². The van der Waals surface area contributed by atoms with Gasteiger partial charge in [-0.05, 0) is 25.7 Å². The second kappa shape index (κ2) is 13.2. The number of rotatable bonds is 14. The summed E-state index contributed by atoms with van der Waals surface area (Å²) >= 11 is 0. The Morgan fingerprint density at radius 1 is 0.806 bits per heavy atom. The molecule has 0 fully saturated rings. The van der Waals surface area contributed by atoms with Crippen LogP contribution >= 0.6 is 0 Å². The van der Waals surface area contributed by atoms with Crippen molar-refractivity contribution in [3.8, 4) is 0 Å². The summed E-state index contributed by atoms with van der Waals surface area (Å²) in [4.78, 5) is 70.3. The van der Waals surface area contributed by atoms with Crippen LogP contribution in [-0.4, -0.2) is 64.8 Å². The van der Waals surface area contributed by atoms with Crippen LogP contribution in [0.25, 0.3) is 0 Å². The van der Waals surface area contributed by atoms with Crippen molar-refractivity contribution in [3.05, 3.63) is 0 Å². The first-order valence-corrected chi connectivity index (χ1v) is 9.70. The van der Waals surface area contributed by atoms with E-state index >= 15 is 0 Å². The van der Waals surface area contributed by atoms with E-state index in [1.165, 1.54) is 6.92 Å². The van der Waals surface area contributed by atoms with E-state index in [9.17, 15) is 28.8 Å². The highest BCUT2D eigenvalue weighted by Crippen LogP contribution is 2.04. The van der Waals surface area contributed by atoms with Crippen molar-refractivity contribution in [1.29, 1.82) is 0 Å².